The summed E-state index contributed by atoms with van der Waals surface area (Å²) in [6, 6.07) is 0. The van der Waals surface area contributed by atoms with Gasteiger partial charge in [-0.2, -0.15) is 0 Å². The van der Waals surface area contributed by atoms with Crippen LogP contribution in [0.4, 0.5) is 0 Å². The fourth-order valence-electron chi connectivity index (χ4n) is 8.55. The lowest BCUT2D eigenvalue weighted by Gasteiger charge is -2.60. The molecular formula is C24H38O4. The van der Waals surface area contributed by atoms with Crippen molar-refractivity contribution >= 4 is 11.8 Å². The van der Waals surface area contributed by atoms with Gasteiger partial charge in [-0.05, 0) is 91.8 Å². The molecule has 9 atom stereocenters. The van der Waals surface area contributed by atoms with Gasteiger partial charge in [0.15, 0.2) is 0 Å². The van der Waals surface area contributed by atoms with Crippen molar-refractivity contribution in [2.24, 2.45) is 46.3 Å². The van der Waals surface area contributed by atoms with Crippen molar-refractivity contribution in [1.29, 1.82) is 0 Å². The van der Waals surface area contributed by atoms with Gasteiger partial charge < -0.3 is 10.2 Å². The number of aliphatic carboxylic acids is 1. The molecule has 0 unspecified atom stereocenters. The number of rotatable bonds is 4. The molecule has 2 N–H and O–H groups in total. The molecule has 0 bridgehead atoms. The Morgan fingerprint density at radius 1 is 1.11 bits per heavy atom. The highest BCUT2D eigenvalue weighted by Gasteiger charge is 2.62. The van der Waals surface area contributed by atoms with Crippen LogP contribution in [0.3, 0.4) is 0 Å². The first kappa shape index (κ1) is 20.4. The molecule has 0 aromatic rings. The van der Waals surface area contributed by atoms with E-state index in [0.717, 1.165) is 19.3 Å². The Morgan fingerprint density at radius 3 is 2.50 bits per heavy atom. The average Bonchev–Trinajstić information content (AvgIpc) is 2.99. The zero-order valence-corrected chi connectivity index (χ0v) is 17.8. The average molecular weight is 391 g/mol. The lowest BCUT2D eigenvalue weighted by Crippen LogP contribution is -2.57. The summed E-state index contributed by atoms with van der Waals surface area (Å²) in [5, 5.41) is 19.2. The number of fused-ring (bicyclic) bond motifs is 5. The van der Waals surface area contributed by atoms with Crippen molar-refractivity contribution in [1.82, 2.24) is 0 Å². The Balaban J connectivity index is 1.55. The summed E-state index contributed by atoms with van der Waals surface area (Å²) in [6.07, 6.45) is 8.80. The molecule has 0 amide bonds. The van der Waals surface area contributed by atoms with Crippen molar-refractivity contribution in [2.75, 3.05) is 0 Å². The molecule has 4 fully saturated rings. The van der Waals surface area contributed by atoms with Gasteiger partial charge in [0.1, 0.15) is 5.78 Å². The third-order valence-electron chi connectivity index (χ3n) is 10.0. The zero-order valence-electron chi connectivity index (χ0n) is 17.8. The van der Waals surface area contributed by atoms with Crippen molar-refractivity contribution in [3.63, 3.8) is 0 Å². The maximum atomic E-state index is 13.1. The van der Waals surface area contributed by atoms with E-state index in [1.807, 2.05) is 0 Å². The van der Waals surface area contributed by atoms with E-state index in [4.69, 9.17) is 5.11 Å². The van der Waals surface area contributed by atoms with Crippen LogP contribution in [-0.4, -0.2) is 28.1 Å². The molecule has 0 aromatic carbocycles. The van der Waals surface area contributed by atoms with Crippen molar-refractivity contribution in [2.45, 2.75) is 91.1 Å². The Labute approximate surface area is 169 Å². The largest absolute Gasteiger partial charge is 0.481 e. The first-order valence-corrected chi connectivity index (χ1v) is 11.6. The summed E-state index contributed by atoms with van der Waals surface area (Å²) in [5.74, 6) is 2.54. The predicted octanol–water partition coefficient (Wildman–Crippen LogP) is 4.69. The molecule has 4 aliphatic rings. The highest BCUT2D eigenvalue weighted by atomic mass is 16.4. The van der Waals surface area contributed by atoms with Crippen LogP contribution >= 0.6 is 0 Å². The summed E-state index contributed by atoms with van der Waals surface area (Å²) in [7, 11) is 0. The van der Waals surface area contributed by atoms with Gasteiger partial charge in [0.25, 0.3) is 0 Å². The second-order valence-corrected chi connectivity index (χ2v) is 11.2. The van der Waals surface area contributed by atoms with Crippen LogP contribution in [0.1, 0.15) is 85.0 Å². The van der Waals surface area contributed by atoms with E-state index in [2.05, 4.69) is 20.8 Å². The number of carbonyl (C=O) groups excluding carboxylic acids is 1. The molecule has 4 rings (SSSR count). The summed E-state index contributed by atoms with van der Waals surface area (Å²) in [4.78, 5) is 24.2. The number of aliphatic hydroxyl groups is 1. The van der Waals surface area contributed by atoms with E-state index in [9.17, 15) is 14.7 Å². The maximum Gasteiger partial charge on any atom is 0.303 e. The number of carbonyl (C=O) groups is 2. The minimum absolute atomic E-state index is 0.0635. The van der Waals surface area contributed by atoms with Crippen LogP contribution in [-0.2, 0) is 9.59 Å². The Morgan fingerprint density at radius 2 is 1.79 bits per heavy atom. The predicted molar refractivity (Wildman–Crippen MR) is 108 cm³/mol. The first-order valence-electron chi connectivity index (χ1n) is 11.6. The van der Waals surface area contributed by atoms with Crippen LogP contribution in [0.2, 0.25) is 0 Å². The van der Waals surface area contributed by atoms with E-state index in [0.29, 0.717) is 48.2 Å². The van der Waals surface area contributed by atoms with Gasteiger partial charge in [0, 0.05) is 18.8 Å². The van der Waals surface area contributed by atoms with Crippen LogP contribution in [0.25, 0.3) is 0 Å². The zero-order chi connectivity index (χ0) is 20.3. The van der Waals surface area contributed by atoms with Crippen LogP contribution in [0.15, 0.2) is 0 Å². The molecule has 0 radical (unpaired) electrons. The minimum Gasteiger partial charge on any atom is -0.481 e. The van der Waals surface area contributed by atoms with Gasteiger partial charge in [0.2, 0.25) is 0 Å². The van der Waals surface area contributed by atoms with E-state index in [1.165, 1.54) is 25.7 Å². The molecule has 0 spiro atoms. The molecule has 4 nitrogen and oxygen atoms in total. The van der Waals surface area contributed by atoms with E-state index in [-0.39, 0.29) is 29.3 Å². The van der Waals surface area contributed by atoms with Gasteiger partial charge >= 0.3 is 5.97 Å². The fourth-order valence-corrected chi connectivity index (χ4v) is 8.55. The lowest BCUT2D eigenvalue weighted by molar-refractivity contribution is -0.160. The van der Waals surface area contributed by atoms with Gasteiger partial charge in [-0.3, -0.25) is 9.59 Å². The smallest absolute Gasteiger partial charge is 0.303 e. The summed E-state index contributed by atoms with van der Waals surface area (Å²) in [6.45, 7) is 7.05. The van der Waals surface area contributed by atoms with Crippen LogP contribution in [0, 0.1) is 46.3 Å². The fraction of sp³-hybridized carbons (Fsp3) is 0.917. The van der Waals surface area contributed by atoms with Crippen molar-refractivity contribution < 1.29 is 19.8 Å². The van der Waals surface area contributed by atoms with Crippen LogP contribution < -0.4 is 0 Å². The van der Waals surface area contributed by atoms with Gasteiger partial charge in [-0.15, -0.1) is 0 Å². The van der Waals surface area contributed by atoms with Gasteiger partial charge in [-0.25, -0.2) is 0 Å². The van der Waals surface area contributed by atoms with Crippen molar-refractivity contribution in [3.8, 4) is 0 Å². The molecule has 158 valence electrons. The Kier molecular flexibility index (Phi) is 5.17. The number of ketones is 1. The minimum atomic E-state index is -0.688. The SMILES string of the molecule is C[C@H](CCC(=O)O)[C@H]1CC[C@H]2[C@@H]3CC(=O)[C@H]4C[C@@H](O)CC[C@]4(C)[C@H]3CC[C@]12C. The highest BCUT2D eigenvalue weighted by molar-refractivity contribution is 5.83. The second kappa shape index (κ2) is 7.11. The molecule has 0 aliphatic heterocycles. The quantitative estimate of drug-likeness (QED) is 0.730. The van der Waals surface area contributed by atoms with Crippen molar-refractivity contribution in [3.05, 3.63) is 0 Å². The summed E-state index contributed by atoms with van der Waals surface area (Å²) in [5.41, 5.74) is 0.338. The number of carboxylic acid groups (broad SMARTS) is 1. The Hall–Kier alpha value is -0.900. The number of aliphatic hydroxyl groups excluding tert-OH is 1. The molecule has 4 saturated carbocycles. The van der Waals surface area contributed by atoms with Crippen LogP contribution in [0.5, 0.6) is 0 Å². The number of Topliss-reactive ketones (excluding diaryl/α,β-unsaturated/α-hetero) is 1. The van der Waals surface area contributed by atoms with E-state index < -0.39 is 5.97 Å². The normalized spacial score (nSPS) is 49.1. The molecule has 0 heterocycles. The monoisotopic (exact) mass is 390 g/mol. The van der Waals surface area contributed by atoms with Gasteiger partial charge in [-0.1, -0.05) is 20.8 Å². The second-order valence-electron chi connectivity index (χ2n) is 11.2. The molecule has 0 saturated heterocycles. The third kappa shape index (κ3) is 3.05. The lowest BCUT2D eigenvalue weighted by atomic mass is 9.44. The molecule has 0 aromatic heterocycles. The van der Waals surface area contributed by atoms with E-state index in [1.54, 1.807) is 0 Å². The summed E-state index contributed by atoms with van der Waals surface area (Å²) < 4.78 is 0. The molecule has 4 aliphatic carbocycles. The molecule has 4 heteroatoms. The number of hydrogen-bond acceptors (Lipinski definition) is 3. The summed E-state index contributed by atoms with van der Waals surface area (Å²) >= 11 is 0. The van der Waals surface area contributed by atoms with Gasteiger partial charge in [0.05, 0.1) is 6.10 Å². The highest BCUT2D eigenvalue weighted by Crippen LogP contribution is 2.67. The standard InChI is InChI=1S/C24H38O4/c1-14(4-7-22(27)28)17-5-6-18-16-13-21(26)20-12-15(25)8-10-24(20,3)19(16)9-11-23(17,18)2/h14-20,25H,4-13H2,1-3H3,(H,27,28)/t14-,15+,16+,17-,18+,19+,20-,23-,24-/m1/s1. The maximum absolute atomic E-state index is 13.1. The molecular weight excluding hydrogens is 352 g/mol. The van der Waals surface area contributed by atoms with E-state index >= 15 is 0 Å². The first-order chi connectivity index (χ1) is 13.2. The number of hydrogen-bond donors (Lipinski definition) is 2. The number of carboxylic acids is 1. The molecule has 28 heavy (non-hydrogen) atoms. The third-order valence-corrected chi connectivity index (χ3v) is 10.0. The topological polar surface area (TPSA) is 74.6 Å². The Bertz CT molecular complexity index is 645.